The molecule has 0 aliphatic carbocycles. The van der Waals surface area contributed by atoms with Gasteiger partial charge in [-0.15, -0.1) is 0 Å². The number of rotatable bonds is 16. The third-order valence-corrected chi connectivity index (χ3v) is 7.97. The van der Waals surface area contributed by atoms with Crippen LogP contribution in [-0.2, 0) is 32.0 Å². The summed E-state index contributed by atoms with van der Waals surface area (Å²) in [6, 6.07) is 11.2. The average molecular weight is 584 g/mol. The van der Waals surface area contributed by atoms with Gasteiger partial charge >= 0.3 is 5.97 Å². The van der Waals surface area contributed by atoms with E-state index in [1.54, 1.807) is 24.3 Å². The Morgan fingerprint density at radius 2 is 2.00 bits per heavy atom. The summed E-state index contributed by atoms with van der Waals surface area (Å²) in [5.74, 6) is -0.839. The molecule has 2 amide bonds. The minimum Gasteiger partial charge on any atom is -0.480 e. The number of ether oxygens (including phenoxy) is 1. The molecular formula is C31H42FN5O5. The molecule has 42 heavy (non-hydrogen) atoms. The van der Waals surface area contributed by atoms with Crippen molar-refractivity contribution in [2.75, 3.05) is 50.2 Å². The van der Waals surface area contributed by atoms with Gasteiger partial charge in [-0.2, -0.15) is 0 Å². The first-order valence-electron chi connectivity index (χ1n) is 14.8. The Morgan fingerprint density at radius 1 is 1.19 bits per heavy atom. The van der Waals surface area contributed by atoms with Gasteiger partial charge in [0.05, 0.1) is 6.10 Å². The molecule has 1 unspecified atom stereocenters. The molecule has 2 aromatic rings. The number of pyridine rings is 1. The number of carboxylic acids is 1. The van der Waals surface area contributed by atoms with Gasteiger partial charge < -0.3 is 25.4 Å². The van der Waals surface area contributed by atoms with E-state index < -0.39 is 36.7 Å². The summed E-state index contributed by atoms with van der Waals surface area (Å²) in [5.41, 5.74) is 2.88. The van der Waals surface area contributed by atoms with Gasteiger partial charge in [0.2, 0.25) is 11.8 Å². The number of halogens is 1. The van der Waals surface area contributed by atoms with Gasteiger partial charge in [-0.05, 0) is 75.3 Å². The standard InChI is InChI=1S/C31H42FN5O5/c1-42-25(20-32)21-36(18-6-5-9-23-13-12-22-8-7-17-33-29(22)34-23)19-16-26(31(40)41)35-30(39)27-14-15-28(38)37(27)24-10-3-2-4-11-24/h2-4,10-13,25-27H,5-9,14-21H2,1H3,(H,33,34)(H,35,39)(H,40,41)/t25-,26+,27?/m1/s1. The third-order valence-electron chi connectivity index (χ3n) is 7.97. The van der Waals surface area contributed by atoms with Gasteiger partial charge in [-0.25, -0.2) is 14.2 Å². The van der Waals surface area contributed by atoms with Crippen molar-refractivity contribution < 1.29 is 28.6 Å². The smallest absolute Gasteiger partial charge is 0.326 e. The Bertz CT molecular complexity index is 1200. The topological polar surface area (TPSA) is 124 Å². The Hall–Kier alpha value is -3.57. The van der Waals surface area contributed by atoms with Crippen LogP contribution in [0.3, 0.4) is 0 Å². The minimum absolute atomic E-state index is 0.133. The van der Waals surface area contributed by atoms with Crippen LogP contribution < -0.4 is 15.5 Å². The molecule has 2 aliphatic rings. The number of alkyl halides is 1. The molecule has 0 saturated carbocycles. The molecule has 0 radical (unpaired) electrons. The number of aromatic nitrogens is 1. The number of nitrogens with one attached hydrogen (secondary N) is 2. The fourth-order valence-corrected chi connectivity index (χ4v) is 5.60. The van der Waals surface area contributed by atoms with Crippen molar-refractivity contribution in [3.05, 3.63) is 53.7 Å². The maximum absolute atomic E-state index is 13.5. The Labute approximate surface area is 246 Å². The third kappa shape index (κ3) is 8.48. The number of para-hydroxylation sites is 1. The molecule has 1 saturated heterocycles. The first-order chi connectivity index (χ1) is 20.4. The number of fused-ring (bicyclic) bond motifs is 1. The highest BCUT2D eigenvalue weighted by Gasteiger charge is 2.38. The van der Waals surface area contributed by atoms with Crippen LogP contribution in [0.2, 0.25) is 0 Å². The first kappa shape index (κ1) is 31.4. The summed E-state index contributed by atoms with van der Waals surface area (Å²) in [4.78, 5) is 46.0. The number of aliphatic carboxylic acids is 1. The number of nitrogens with zero attached hydrogens (tertiary/aromatic N) is 3. The second-order valence-electron chi connectivity index (χ2n) is 11.0. The van der Waals surface area contributed by atoms with E-state index in [1.807, 2.05) is 11.0 Å². The van der Waals surface area contributed by atoms with Crippen molar-refractivity contribution >= 4 is 29.3 Å². The first-order valence-corrected chi connectivity index (χ1v) is 14.8. The Balaban J connectivity index is 1.32. The van der Waals surface area contributed by atoms with Gasteiger partial charge in [-0.1, -0.05) is 24.3 Å². The number of aryl methyl sites for hydroxylation is 2. The zero-order valence-electron chi connectivity index (χ0n) is 24.3. The zero-order chi connectivity index (χ0) is 29.9. The maximum Gasteiger partial charge on any atom is 0.326 e. The number of carboxylic acid groups (broad SMARTS) is 1. The van der Waals surface area contributed by atoms with Crippen molar-refractivity contribution in [2.24, 2.45) is 0 Å². The van der Waals surface area contributed by atoms with Crippen LogP contribution >= 0.6 is 0 Å². The molecule has 3 atom stereocenters. The molecule has 228 valence electrons. The number of amides is 2. The largest absolute Gasteiger partial charge is 0.480 e. The van der Waals surface area contributed by atoms with Crippen LogP contribution in [0, 0.1) is 0 Å². The monoisotopic (exact) mass is 583 g/mol. The lowest BCUT2D eigenvalue weighted by atomic mass is 10.1. The number of carbonyl (C=O) groups excluding carboxylic acids is 2. The summed E-state index contributed by atoms with van der Waals surface area (Å²) in [5, 5.41) is 15.9. The van der Waals surface area contributed by atoms with E-state index in [4.69, 9.17) is 9.72 Å². The number of unbranched alkanes of at least 4 members (excludes halogenated alkanes) is 1. The predicted octanol–water partition coefficient (Wildman–Crippen LogP) is 3.20. The van der Waals surface area contributed by atoms with E-state index in [9.17, 15) is 23.9 Å². The molecule has 1 aromatic heterocycles. The van der Waals surface area contributed by atoms with Gasteiger partial charge in [0.15, 0.2) is 0 Å². The van der Waals surface area contributed by atoms with Crippen LogP contribution in [0.1, 0.15) is 49.8 Å². The molecule has 4 rings (SSSR count). The van der Waals surface area contributed by atoms with Gasteiger partial charge in [0.25, 0.3) is 0 Å². The highest BCUT2D eigenvalue weighted by Crippen LogP contribution is 2.27. The molecule has 10 nitrogen and oxygen atoms in total. The summed E-state index contributed by atoms with van der Waals surface area (Å²) in [6.07, 6.45) is 4.71. The Morgan fingerprint density at radius 3 is 2.74 bits per heavy atom. The van der Waals surface area contributed by atoms with E-state index in [-0.39, 0.29) is 18.7 Å². The molecule has 3 N–H and O–H groups in total. The van der Waals surface area contributed by atoms with Crippen molar-refractivity contribution in [2.45, 2.75) is 69.6 Å². The van der Waals surface area contributed by atoms with Crippen molar-refractivity contribution in [3.8, 4) is 0 Å². The van der Waals surface area contributed by atoms with E-state index in [2.05, 4.69) is 22.8 Å². The summed E-state index contributed by atoms with van der Waals surface area (Å²) < 4.78 is 18.7. The maximum atomic E-state index is 13.5. The van der Waals surface area contributed by atoms with E-state index >= 15 is 0 Å². The van der Waals surface area contributed by atoms with Crippen LogP contribution in [0.25, 0.3) is 0 Å². The molecule has 0 spiro atoms. The van der Waals surface area contributed by atoms with Crippen LogP contribution in [-0.4, -0.2) is 90.9 Å². The van der Waals surface area contributed by atoms with Gasteiger partial charge in [0.1, 0.15) is 24.6 Å². The summed E-state index contributed by atoms with van der Waals surface area (Å²) in [7, 11) is 1.46. The fraction of sp³-hybridized carbons (Fsp3) is 0.548. The number of carbonyl (C=O) groups is 3. The van der Waals surface area contributed by atoms with E-state index in [0.717, 1.165) is 50.2 Å². The average Bonchev–Trinajstić information content (AvgIpc) is 3.40. The van der Waals surface area contributed by atoms with Crippen molar-refractivity contribution in [1.29, 1.82) is 0 Å². The second kappa shape index (κ2) is 15.6. The number of benzene rings is 1. The number of methoxy groups -OCH3 is 1. The fourth-order valence-electron chi connectivity index (χ4n) is 5.60. The normalized spacial score (nSPS) is 17.9. The number of hydrogen-bond acceptors (Lipinski definition) is 7. The highest BCUT2D eigenvalue weighted by atomic mass is 19.1. The molecule has 3 heterocycles. The molecule has 0 bridgehead atoms. The number of hydrogen-bond donors (Lipinski definition) is 3. The highest BCUT2D eigenvalue weighted by molar-refractivity contribution is 6.04. The quantitative estimate of drug-likeness (QED) is 0.258. The molecule has 2 aliphatic heterocycles. The van der Waals surface area contributed by atoms with E-state index in [0.29, 0.717) is 31.7 Å². The van der Waals surface area contributed by atoms with Gasteiger partial charge in [0, 0.05) is 44.5 Å². The molecular weight excluding hydrogens is 541 g/mol. The van der Waals surface area contributed by atoms with Crippen molar-refractivity contribution in [1.82, 2.24) is 15.2 Å². The summed E-state index contributed by atoms with van der Waals surface area (Å²) in [6.45, 7) is 1.57. The second-order valence-corrected chi connectivity index (χ2v) is 11.0. The van der Waals surface area contributed by atoms with Crippen molar-refractivity contribution in [3.63, 3.8) is 0 Å². The predicted molar refractivity (Wildman–Crippen MR) is 158 cm³/mol. The summed E-state index contributed by atoms with van der Waals surface area (Å²) >= 11 is 0. The van der Waals surface area contributed by atoms with Crippen LogP contribution in [0.4, 0.5) is 15.9 Å². The zero-order valence-corrected chi connectivity index (χ0v) is 24.3. The van der Waals surface area contributed by atoms with E-state index in [1.165, 1.54) is 17.6 Å². The lowest BCUT2D eigenvalue weighted by Gasteiger charge is -2.28. The number of anilines is 2. The van der Waals surface area contributed by atoms with Crippen LogP contribution in [0.15, 0.2) is 42.5 Å². The van der Waals surface area contributed by atoms with Crippen LogP contribution in [0.5, 0.6) is 0 Å². The minimum atomic E-state index is -1.15. The Kier molecular flexibility index (Phi) is 11.7. The lowest BCUT2D eigenvalue weighted by molar-refractivity contribution is -0.142. The molecule has 1 fully saturated rings. The molecule has 11 heteroatoms. The SMILES string of the molecule is CO[C@H](CF)CN(CCCCc1ccc2c(n1)NCCC2)CC[C@H](NC(=O)C1CCC(=O)N1c1ccccc1)C(=O)O. The lowest BCUT2D eigenvalue weighted by Crippen LogP contribution is -2.51. The van der Waals surface area contributed by atoms with Gasteiger partial charge in [-0.3, -0.25) is 14.5 Å². The molecule has 1 aromatic carbocycles.